The van der Waals surface area contributed by atoms with Gasteiger partial charge in [0.2, 0.25) is 5.91 Å². The lowest BCUT2D eigenvalue weighted by atomic mass is 10.0. The molecule has 2 N–H and O–H groups in total. The van der Waals surface area contributed by atoms with Crippen molar-refractivity contribution >= 4 is 18.3 Å². The first-order valence-electron chi connectivity index (χ1n) is 8.53. The second-order valence-electron chi connectivity index (χ2n) is 6.10. The standard InChI is InChI=1S/C20H24N2O2.ClH/c23-20(14-19-15-24-12-11-21-19)22-10-9-16-5-4-8-18(13-16)17-6-2-1-3-7-17;/h1-8,13,19,21H,9-12,14-15H2,(H,22,23);1H. The van der Waals surface area contributed by atoms with Crippen LogP contribution in [-0.4, -0.2) is 38.3 Å². The first-order chi connectivity index (χ1) is 11.8. The summed E-state index contributed by atoms with van der Waals surface area (Å²) in [6.45, 7) is 2.83. The fourth-order valence-electron chi connectivity index (χ4n) is 2.93. The monoisotopic (exact) mass is 360 g/mol. The summed E-state index contributed by atoms with van der Waals surface area (Å²) >= 11 is 0. The van der Waals surface area contributed by atoms with Crippen molar-refractivity contribution in [2.75, 3.05) is 26.3 Å². The number of hydrogen-bond acceptors (Lipinski definition) is 3. The van der Waals surface area contributed by atoms with Crippen LogP contribution < -0.4 is 10.6 Å². The lowest BCUT2D eigenvalue weighted by Crippen LogP contribution is -2.44. The van der Waals surface area contributed by atoms with Crippen LogP contribution in [0.4, 0.5) is 0 Å². The third-order valence-electron chi connectivity index (χ3n) is 4.20. The summed E-state index contributed by atoms with van der Waals surface area (Å²) in [5.41, 5.74) is 3.66. The van der Waals surface area contributed by atoms with E-state index in [0.29, 0.717) is 19.6 Å². The van der Waals surface area contributed by atoms with Gasteiger partial charge in [0.15, 0.2) is 0 Å². The van der Waals surface area contributed by atoms with Gasteiger partial charge >= 0.3 is 0 Å². The molecular formula is C20H25ClN2O2. The minimum Gasteiger partial charge on any atom is -0.378 e. The number of carbonyl (C=O) groups excluding carboxylic acids is 1. The lowest BCUT2D eigenvalue weighted by Gasteiger charge is -2.23. The SMILES string of the molecule is Cl.O=C(CC1COCCN1)NCCc1cccc(-c2ccccc2)c1. The van der Waals surface area contributed by atoms with Gasteiger partial charge in [-0.3, -0.25) is 4.79 Å². The van der Waals surface area contributed by atoms with Crippen LogP contribution in [0.15, 0.2) is 54.6 Å². The molecular weight excluding hydrogens is 336 g/mol. The number of hydrogen-bond donors (Lipinski definition) is 2. The van der Waals surface area contributed by atoms with Crippen LogP contribution >= 0.6 is 12.4 Å². The van der Waals surface area contributed by atoms with Crippen molar-refractivity contribution in [3.05, 3.63) is 60.2 Å². The van der Waals surface area contributed by atoms with Crippen LogP contribution in [0, 0.1) is 0 Å². The molecule has 1 amide bonds. The van der Waals surface area contributed by atoms with E-state index < -0.39 is 0 Å². The van der Waals surface area contributed by atoms with E-state index in [1.165, 1.54) is 16.7 Å². The smallest absolute Gasteiger partial charge is 0.221 e. The second-order valence-corrected chi connectivity index (χ2v) is 6.10. The number of carbonyl (C=O) groups is 1. The summed E-state index contributed by atoms with van der Waals surface area (Å²) in [6, 6.07) is 19.0. The van der Waals surface area contributed by atoms with Gasteiger partial charge in [0, 0.05) is 25.6 Å². The molecule has 0 spiro atoms. The Bertz CT molecular complexity index is 658. The average Bonchev–Trinajstić information content (AvgIpc) is 2.63. The summed E-state index contributed by atoms with van der Waals surface area (Å²) in [4.78, 5) is 12.0. The van der Waals surface area contributed by atoms with Crippen LogP contribution in [0.2, 0.25) is 0 Å². The molecule has 2 aromatic rings. The summed E-state index contributed by atoms with van der Waals surface area (Å²) in [7, 11) is 0. The van der Waals surface area contributed by atoms with E-state index >= 15 is 0 Å². The van der Waals surface area contributed by atoms with Gasteiger partial charge in [-0.05, 0) is 23.1 Å². The quantitative estimate of drug-likeness (QED) is 0.832. The van der Waals surface area contributed by atoms with E-state index in [0.717, 1.165) is 19.6 Å². The van der Waals surface area contributed by atoms with Crippen LogP contribution in [0.25, 0.3) is 11.1 Å². The molecule has 3 rings (SSSR count). The topological polar surface area (TPSA) is 50.4 Å². The van der Waals surface area contributed by atoms with Crippen molar-refractivity contribution in [1.29, 1.82) is 0 Å². The van der Waals surface area contributed by atoms with E-state index in [9.17, 15) is 4.79 Å². The van der Waals surface area contributed by atoms with Crippen LogP contribution in [0.1, 0.15) is 12.0 Å². The number of halogens is 1. The van der Waals surface area contributed by atoms with E-state index in [-0.39, 0.29) is 24.4 Å². The Hall–Kier alpha value is -1.88. The number of amides is 1. The maximum Gasteiger partial charge on any atom is 0.221 e. The summed E-state index contributed by atoms with van der Waals surface area (Å²) in [6.07, 6.45) is 1.31. The summed E-state index contributed by atoms with van der Waals surface area (Å²) < 4.78 is 5.37. The van der Waals surface area contributed by atoms with E-state index in [4.69, 9.17) is 4.74 Å². The molecule has 2 aromatic carbocycles. The van der Waals surface area contributed by atoms with Crippen molar-refractivity contribution in [2.45, 2.75) is 18.9 Å². The van der Waals surface area contributed by atoms with Gasteiger partial charge in [0.05, 0.1) is 13.2 Å². The van der Waals surface area contributed by atoms with Crippen molar-refractivity contribution in [1.82, 2.24) is 10.6 Å². The predicted molar refractivity (Wildman–Crippen MR) is 103 cm³/mol. The van der Waals surface area contributed by atoms with Crippen LogP contribution in [-0.2, 0) is 16.0 Å². The summed E-state index contributed by atoms with van der Waals surface area (Å²) in [5.74, 6) is 0.0808. The molecule has 1 atom stereocenters. The maximum absolute atomic E-state index is 12.0. The molecule has 1 aliphatic heterocycles. The highest BCUT2D eigenvalue weighted by Crippen LogP contribution is 2.20. The largest absolute Gasteiger partial charge is 0.378 e. The van der Waals surface area contributed by atoms with Gasteiger partial charge < -0.3 is 15.4 Å². The average molecular weight is 361 g/mol. The van der Waals surface area contributed by atoms with Crippen molar-refractivity contribution in [2.24, 2.45) is 0 Å². The number of benzene rings is 2. The number of morpholine rings is 1. The Labute approximate surface area is 155 Å². The van der Waals surface area contributed by atoms with E-state index in [2.05, 4.69) is 47.0 Å². The minimum absolute atomic E-state index is 0. The molecule has 1 fully saturated rings. The number of nitrogens with one attached hydrogen (secondary N) is 2. The molecule has 134 valence electrons. The Kier molecular flexibility index (Phi) is 7.92. The molecule has 1 unspecified atom stereocenters. The van der Waals surface area contributed by atoms with Gasteiger partial charge in [0.25, 0.3) is 0 Å². The van der Waals surface area contributed by atoms with Crippen LogP contribution in [0.5, 0.6) is 0 Å². The Morgan fingerprint density at radius 2 is 1.92 bits per heavy atom. The Morgan fingerprint density at radius 3 is 2.68 bits per heavy atom. The van der Waals surface area contributed by atoms with Crippen molar-refractivity contribution in [3.63, 3.8) is 0 Å². The maximum atomic E-state index is 12.0. The molecule has 1 saturated heterocycles. The molecule has 5 heteroatoms. The number of rotatable bonds is 6. The Balaban J connectivity index is 0.00000225. The normalized spacial score (nSPS) is 16.7. The highest BCUT2D eigenvalue weighted by Gasteiger charge is 2.16. The fraction of sp³-hybridized carbons (Fsp3) is 0.350. The van der Waals surface area contributed by atoms with Gasteiger partial charge in [-0.2, -0.15) is 0 Å². The molecule has 4 nitrogen and oxygen atoms in total. The van der Waals surface area contributed by atoms with E-state index in [1.54, 1.807) is 0 Å². The molecule has 0 bridgehead atoms. The van der Waals surface area contributed by atoms with Gasteiger partial charge in [-0.25, -0.2) is 0 Å². The second kappa shape index (κ2) is 10.2. The third kappa shape index (κ3) is 6.16. The van der Waals surface area contributed by atoms with Gasteiger partial charge in [-0.1, -0.05) is 54.6 Å². The molecule has 0 aliphatic carbocycles. The third-order valence-corrected chi connectivity index (χ3v) is 4.20. The molecule has 1 aliphatic rings. The first-order valence-corrected chi connectivity index (χ1v) is 8.53. The minimum atomic E-state index is 0. The zero-order valence-electron chi connectivity index (χ0n) is 14.2. The predicted octanol–water partition coefficient (Wildman–Crippen LogP) is 2.81. The van der Waals surface area contributed by atoms with Crippen molar-refractivity contribution < 1.29 is 9.53 Å². The Morgan fingerprint density at radius 1 is 1.12 bits per heavy atom. The zero-order chi connectivity index (χ0) is 16.6. The van der Waals surface area contributed by atoms with Gasteiger partial charge in [-0.15, -0.1) is 12.4 Å². The lowest BCUT2D eigenvalue weighted by molar-refractivity contribution is -0.122. The first kappa shape index (κ1) is 19.4. The van der Waals surface area contributed by atoms with E-state index in [1.807, 2.05) is 18.2 Å². The highest BCUT2D eigenvalue weighted by atomic mass is 35.5. The molecule has 25 heavy (non-hydrogen) atoms. The summed E-state index contributed by atoms with van der Waals surface area (Å²) in [5, 5.41) is 6.30. The fourth-order valence-corrected chi connectivity index (χ4v) is 2.93. The highest BCUT2D eigenvalue weighted by molar-refractivity contribution is 5.85. The van der Waals surface area contributed by atoms with Crippen LogP contribution in [0.3, 0.4) is 0 Å². The molecule has 0 radical (unpaired) electrons. The van der Waals surface area contributed by atoms with Gasteiger partial charge in [0.1, 0.15) is 0 Å². The molecule has 0 saturated carbocycles. The zero-order valence-corrected chi connectivity index (χ0v) is 15.1. The molecule has 0 aromatic heterocycles. The van der Waals surface area contributed by atoms with Crippen molar-refractivity contribution in [3.8, 4) is 11.1 Å². The number of ether oxygens (including phenoxy) is 1. The molecule has 1 heterocycles.